The van der Waals surface area contributed by atoms with Gasteiger partial charge in [-0.2, -0.15) is 0 Å². The normalized spacial score (nSPS) is 18.7. The van der Waals surface area contributed by atoms with Crippen LogP contribution in [-0.4, -0.2) is 61.6 Å². The van der Waals surface area contributed by atoms with Gasteiger partial charge in [-0.3, -0.25) is 14.7 Å². The van der Waals surface area contributed by atoms with Crippen LogP contribution < -0.4 is 0 Å². The van der Waals surface area contributed by atoms with E-state index < -0.39 is 0 Å². The van der Waals surface area contributed by atoms with E-state index in [1.54, 1.807) is 12.4 Å². The monoisotopic (exact) mass is 382 g/mol. The molecule has 2 aliphatic rings. The van der Waals surface area contributed by atoms with Gasteiger partial charge in [0, 0.05) is 44.9 Å². The van der Waals surface area contributed by atoms with Crippen LogP contribution in [0.4, 0.5) is 0 Å². The Bertz CT molecular complexity index is 775. The molecule has 0 atom stereocenters. The highest BCUT2D eigenvalue weighted by molar-refractivity contribution is 5.76. The number of amides is 1. The number of likely N-dealkylation sites (tertiary alicyclic amines) is 2. The zero-order chi connectivity index (χ0) is 19.3. The number of hydrogen-bond donors (Lipinski definition) is 0. The summed E-state index contributed by atoms with van der Waals surface area (Å²) < 4.78 is 2.18. The number of carbonyl (C=O) groups is 1. The summed E-state index contributed by atoms with van der Waals surface area (Å²) in [6, 6.07) is 3.96. The first-order valence-electron chi connectivity index (χ1n) is 10.5. The van der Waals surface area contributed by atoms with Crippen molar-refractivity contribution in [2.45, 2.75) is 51.0 Å². The molecule has 4 heterocycles. The first kappa shape index (κ1) is 19.1. The average molecular weight is 383 g/mol. The third-order valence-electron chi connectivity index (χ3n) is 6.15. The van der Waals surface area contributed by atoms with E-state index in [9.17, 15) is 4.79 Å². The van der Waals surface area contributed by atoms with Crippen molar-refractivity contribution >= 4 is 5.91 Å². The molecule has 2 fully saturated rings. The molecule has 0 bridgehead atoms. The van der Waals surface area contributed by atoms with Gasteiger partial charge in [0.15, 0.2) is 0 Å². The van der Waals surface area contributed by atoms with Crippen LogP contribution in [0.3, 0.4) is 0 Å². The average Bonchev–Trinajstić information content (AvgIpc) is 3.38. The Hall–Kier alpha value is -2.28. The highest BCUT2D eigenvalue weighted by atomic mass is 16.2. The van der Waals surface area contributed by atoms with Crippen molar-refractivity contribution in [1.29, 1.82) is 0 Å². The van der Waals surface area contributed by atoms with E-state index in [1.807, 2.05) is 17.0 Å². The largest absolute Gasteiger partial charge is 0.343 e. The maximum atomic E-state index is 12.6. The molecule has 0 saturated carbocycles. The van der Waals surface area contributed by atoms with Crippen LogP contribution in [0.15, 0.2) is 24.5 Å². The SMILES string of the molecule is Cn1c(CN2CCCC2)nnc1C1CCN(C(=O)CCc2ccncc2)CC1. The molecule has 0 radical (unpaired) electrons. The maximum absolute atomic E-state index is 12.6. The van der Waals surface area contributed by atoms with Gasteiger partial charge in [0.2, 0.25) is 5.91 Å². The van der Waals surface area contributed by atoms with Gasteiger partial charge >= 0.3 is 0 Å². The number of carbonyl (C=O) groups excluding carboxylic acids is 1. The molecule has 0 unspecified atom stereocenters. The van der Waals surface area contributed by atoms with Crippen LogP contribution in [0.1, 0.15) is 55.2 Å². The zero-order valence-corrected chi connectivity index (χ0v) is 16.8. The quantitative estimate of drug-likeness (QED) is 0.766. The lowest BCUT2D eigenvalue weighted by Gasteiger charge is -2.31. The summed E-state index contributed by atoms with van der Waals surface area (Å²) in [7, 11) is 2.09. The van der Waals surface area contributed by atoms with Crippen molar-refractivity contribution in [3.8, 4) is 0 Å². The summed E-state index contributed by atoms with van der Waals surface area (Å²) in [5, 5.41) is 8.96. The second-order valence-electron chi connectivity index (χ2n) is 8.03. The molecule has 2 aromatic heterocycles. The van der Waals surface area contributed by atoms with Gasteiger partial charge in [-0.25, -0.2) is 0 Å². The Balaban J connectivity index is 1.28. The zero-order valence-electron chi connectivity index (χ0n) is 16.8. The molecule has 2 saturated heterocycles. The Morgan fingerprint density at radius 2 is 1.79 bits per heavy atom. The van der Waals surface area contributed by atoms with Gasteiger partial charge in [-0.1, -0.05) is 0 Å². The molecule has 7 nitrogen and oxygen atoms in total. The van der Waals surface area contributed by atoms with Crippen molar-refractivity contribution in [3.63, 3.8) is 0 Å². The molecule has 28 heavy (non-hydrogen) atoms. The molecular formula is C21H30N6O. The van der Waals surface area contributed by atoms with Crippen molar-refractivity contribution in [1.82, 2.24) is 29.5 Å². The predicted octanol–water partition coefficient (Wildman–Crippen LogP) is 2.14. The lowest BCUT2D eigenvalue weighted by molar-refractivity contribution is -0.132. The summed E-state index contributed by atoms with van der Waals surface area (Å²) in [5.74, 6) is 2.79. The molecule has 4 rings (SSSR count). The minimum atomic E-state index is 0.253. The summed E-state index contributed by atoms with van der Waals surface area (Å²) in [6.45, 7) is 4.86. The van der Waals surface area contributed by atoms with Crippen molar-refractivity contribution in [2.24, 2.45) is 7.05 Å². The molecule has 2 aliphatic heterocycles. The number of aryl methyl sites for hydroxylation is 1. The lowest BCUT2D eigenvalue weighted by Crippen LogP contribution is -2.38. The van der Waals surface area contributed by atoms with Crippen LogP contribution in [0.2, 0.25) is 0 Å². The Kier molecular flexibility index (Phi) is 6.00. The standard InChI is InChI=1S/C21H30N6O/c1-25-19(16-26-12-2-3-13-26)23-24-21(25)18-8-14-27(15-9-18)20(28)5-4-17-6-10-22-11-7-17/h6-7,10-11,18H,2-5,8-9,12-16H2,1H3. The molecule has 0 aromatic carbocycles. The summed E-state index contributed by atoms with van der Waals surface area (Å²) in [5.41, 5.74) is 1.17. The van der Waals surface area contributed by atoms with E-state index in [1.165, 1.54) is 31.5 Å². The minimum Gasteiger partial charge on any atom is -0.343 e. The van der Waals surface area contributed by atoms with E-state index in [-0.39, 0.29) is 5.91 Å². The van der Waals surface area contributed by atoms with Gasteiger partial charge in [0.1, 0.15) is 11.6 Å². The fraction of sp³-hybridized carbons (Fsp3) is 0.619. The van der Waals surface area contributed by atoms with E-state index in [4.69, 9.17) is 0 Å². The third kappa shape index (κ3) is 4.41. The molecule has 7 heteroatoms. The third-order valence-corrected chi connectivity index (χ3v) is 6.15. The number of pyridine rings is 1. The van der Waals surface area contributed by atoms with Gasteiger partial charge in [-0.15, -0.1) is 10.2 Å². The van der Waals surface area contributed by atoms with Crippen LogP contribution in [0.25, 0.3) is 0 Å². The molecule has 0 spiro atoms. The van der Waals surface area contributed by atoms with E-state index in [0.717, 1.165) is 50.5 Å². The van der Waals surface area contributed by atoms with Crippen LogP contribution in [0, 0.1) is 0 Å². The van der Waals surface area contributed by atoms with Crippen molar-refractivity contribution < 1.29 is 4.79 Å². The lowest BCUT2D eigenvalue weighted by atomic mass is 9.95. The molecule has 2 aromatic rings. The van der Waals surface area contributed by atoms with Gasteiger partial charge in [0.25, 0.3) is 0 Å². The predicted molar refractivity (Wildman–Crippen MR) is 107 cm³/mol. The fourth-order valence-corrected chi connectivity index (χ4v) is 4.36. The maximum Gasteiger partial charge on any atom is 0.222 e. The van der Waals surface area contributed by atoms with Crippen LogP contribution in [0.5, 0.6) is 0 Å². The van der Waals surface area contributed by atoms with Gasteiger partial charge in [-0.05, 0) is 62.9 Å². The number of nitrogens with zero attached hydrogens (tertiary/aromatic N) is 6. The summed E-state index contributed by atoms with van der Waals surface area (Å²) in [4.78, 5) is 21.0. The highest BCUT2D eigenvalue weighted by Crippen LogP contribution is 2.27. The van der Waals surface area contributed by atoms with E-state index in [0.29, 0.717) is 12.3 Å². The number of piperidine rings is 1. The molecular weight excluding hydrogens is 352 g/mol. The minimum absolute atomic E-state index is 0.253. The van der Waals surface area contributed by atoms with E-state index >= 15 is 0 Å². The molecule has 150 valence electrons. The first-order chi connectivity index (χ1) is 13.7. The van der Waals surface area contributed by atoms with Gasteiger partial charge < -0.3 is 9.47 Å². The molecule has 0 aliphatic carbocycles. The summed E-state index contributed by atoms with van der Waals surface area (Å²) in [6.07, 6.45) is 9.43. The molecule has 0 N–H and O–H groups in total. The fourth-order valence-electron chi connectivity index (χ4n) is 4.36. The van der Waals surface area contributed by atoms with Crippen LogP contribution >= 0.6 is 0 Å². The second kappa shape index (κ2) is 8.82. The van der Waals surface area contributed by atoms with Crippen molar-refractivity contribution in [2.75, 3.05) is 26.2 Å². The highest BCUT2D eigenvalue weighted by Gasteiger charge is 2.27. The Morgan fingerprint density at radius 3 is 2.50 bits per heavy atom. The number of hydrogen-bond acceptors (Lipinski definition) is 5. The Labute approximate surface area is 166 Å². The van der Waals surface area contributed by atoms with E-state index in [2.05, 4.69) is 31.7 Å². The number of rotatable bonds is 6. The van der Waals surface area contributed by atoms with Crippen molar-refractivity contribution in [3.05, 3.63) is 41.7 Å². The van der Waals surface area contributed by atoms with Crippen LogP contribution in [-0.2, 0) is 24.8 Å². The first-order valence-corrected chi connectivity index (χ1v) is 10.5. The number of aromatic nitrogens is 4. The second-order valence-corrected chi connectivity index (χ2v) is 8.03. The summed E-state index contributed by atoms with van der Waals surface area (Å²) >= 11 is 0. The molecule has 1 amide bonds. The smallest absolute Gasteiger partial charge is 0.222 e. The van der Waals surface area contributed by atoms with Gasteiger partial charge in [0.05, 0.1) is 6.54 Å². The Morgan fingerprint density at radius 1 is 1.07 bits per heavy atom. The topological polar surface area (TPSA) is 67.2 Å².